The average Bonchev–Trinajstić information content (AvgIpc) is 2.95. The largest absolute Gasteiger partial charge is 0.497 e. The van der Waals surface area contributed by atoms with Gasteiger partial charge in [-0.2, -0.15) is 4.31 Å². The molecule has 0 spiro atoms. The third-order valence-corrected chi connectivity index (χ3v) is 8.86. The van der Waals surface area contributed by atoms with Gasteiger partial charge in [0.25, 0.3) is 0 Å². The molecule has 2 aromatic carbocycles. The molecule has 3 rings (SSSR count). The molecular formula is C29H41N3O5S. The number of nitrogens with zero attached hydrogens (tertiary/aromatic N) is 3. The van der Waals surface area contributed by atoms with Crippen LogP contribution in [0.25, 0.3) is 0 Å². The molecule has 1 aliphatic rings. The van der Waals surface area contributed by atoms with Crippen LogP contribution in [0.5, 0.6) is 5.75 Å². The maximum Gasteiger partial charge on any atom is 0.243 e. The Morgan fingerprint density at radius 3 is 2.21 bits per heavy atom. The number of rotatable bonds is 13. The zero-order valence-corrected chi connectivity index (χ0v) is 23.7. The van der Waals surface area contributed by atoms with Crippen molar-refractivity contribution in [3.8, 4) is 5.75 Å². The summed E-state index contributed by atoms with van der Waals surface area (Å²) in [6.07, 6.45) is 4.34. The SMILES string of the molecule is CCCCC(=O)N1CCC(N(Cc2ccc(OC)cc2)C(=O)CN(CCC)S(=O)(=O)c2ccccc2)CC1. The van der Waals surface area contributed by atoms with Crippen LogP contribution in [0.1, 0.15) is 57.9 Å². The molecule has 0 atom stereocenters. The van der Waals surface area contributed by atoms with Gasteiger partial charge in [0.1, 0.15) is 5.75 Å². The van der Waals surface area contributed by atoms with Crippen LogP contribution >= 0.6 is 0 Å². The molecule has 9 heteroatoms. The van der Waals surface area contributed by atoms with Gasteiger partial charge in [-0.15, -0.1) is 0 Å². The fourth-order valence-electron chi connectivity index (χ4n) is 4.78. The maximum atomic E-state index is 13.8. The van der Waals surface area contributed by atoms with Gasteiger partial charge < -0.3 is 14.5 Å². The fourth-order valence-corrected chi connectivity index (χ4v) is 6.28. The summed E-state index contributed by atoms with van der Waals surface area (Å²) in [5, 5.41) is 0. The maximum absolute atomic E-state index is 13.8. The third-order valence-electron chi connectivity index (χ3n) is 7.00. The van der Waals surface area contributed by atoms with Crippen LogP contribution in [-0.2, 0) is 26.2 Å². The number of likely N-dealkylation sites (tertiary alicyclic amines) is 1. The number of hydrogen-bond donors (Lipinski definition) is 0. The molecule has 0 aromatic heterocycles. The van der Waals surface area contributed by atoms with Crippen molar-refractivity contribution in [1.82, 2.24) is 14.1 Å². The van der Waals surface area contributed by atoms with Gasteiger partial charge in [-0.05, 0) is 55.5 Å². The molecular weight excluding hydrogens is 502 g/mol. The first-order chi connectivity index (χ1) is 18.3. The highest BCUT2D eigenvalue weighted by atomic mass is 32.2. The number of ether oxygens (including phenoxy) is 1. The summed E-state index contributed by atoms with van der Waals surface area (Å²) in [6.45, 7) is 5.56. The highest BCUT2D eigenvalue weighted by Gasteiger charge is 2.33. The molecule has 0 bridgehead atoms. The summed E-state index contributed by atoms with van der Waals surface area (Å²) in [6, 6.07) is 15.7. The molecule has 2 aromatic rings. The molecule has 38 heavy (non-hydrogen) atoms. The lowest BCUT2D eigenvalue weighted by Gasteiger charge is -2.39. The molecule has 0 N–H and O–H groups in total. The van der Waals surface area contributed by atoms with Crippen molar-refractivity contribution in [2.45, 2.75) is 69.9 Å². The van der Waals surface area contributed by atoms with Gasteiger partial charge in [-0.3, -0.25) is 9.59 Å². The van der Waals surface area contributed by atoms with Crippen LogP contribution in [0.2, 0.25) is 0 Å². The molecule has 0 unspecified atom stereocenters. The minimum Gasteiger partial charge on any atom is -0.497 e. The summed E-state index contributed by atoms with van der Waals surface area (Å²) in [5.74, 6) is 0.666. The number of unbranched alkanes of at least 4 members (excludes halogenated alkanes) is 1. The molecule has 1 saturated heterocycles. The molecule has 1 heterocycles. The Bertz CT molecular complexity index is 1130. The lowest BCUT2D eigenvalue weighted by Crippen LogP contribution is -2.51. The topological polar surface area (TPSA) is 87.2 Å². The minimum atomic E-state index is -3.82. The van der Waals surface area contributed by atoms with Crippen LogP contribution in [0, 0.1) is 0 Å². The van der Waals surface area contributed by atoms with Crippen LogP contribution in [0.4, 0.5) is 0 Å². The minimum absolute atomic E-state index is 0.0808. The van der Waals surface area contributed by atoms with Gasteiger partial charge in [0.2, 0.25) is 21.8 Å². The van der Waals surface area contributed by atoms with E-state index in [-0.39, 0.29) is 35.8 Å². The van der Waals surface area contributed by atoms with Crippen LogP contribution in [-0.4, -0.2) is 73.7 Å². The van der Waals surface area contributed by atoms with E-state index in [9.17, 15) is 18.0 Å². The second-order valence-corrected chi connectivity index (χ2v) is 11.7. The lowest BCUT2D eigenvalue weighted by molar-refractivity contribution is -0.137. The van der Waals surface area contributed by atoms with Crippen LogP contribution < -0.4 is 4.74 Å². The van der Waals surface area contributed by atoms with E-state index in [0.29, 0.717) is 45.3 Å². The Morgan fingerprint density at radius 1 is 0.974 bits per heavy atom. The number of amides is 2. The summed E-state index contributed by atoms with van der Waals surface area (Å²) >= 11 is 0. The number of hydrogen-bond acceptors (Lipinski definition) is 5. The van der Waals surface area contributed by atoms with Crippen molar-refractivity contribution in [2.24, 2.45) is 0 Å². The zero-order valence-electron chi connectivity index (χ0n) is 22.8. The predicted molar refractivity (Wildman–Crippen MR) is 148 cm³/mol. The second kappa shape index (κ2) is 14.3. The van der Waals surface area contributed by atoms with E-state index in [1.807, 2.05) is 36.1 Å². The van der Waals surface area contributed by atoms with Crippen molar-refractivity contribution < 1.29 is 22.7 Å². The normalized spacial score (nSPS) is 14.5. The first kappa shape index (κ1) is 29.6. The van der Waals surface area contributed by atoms with Crippen LogP contribution in [0.3, 0.4) is 0 Å². The highest BCUT2D eigenvalue weighted by molar-refractivity contribution is 7.89. The van der Waals surface area contributed by atoms with Gasteiger partial charge in [0, 0.05) is 38.6 Å². The van der Waals surface area contributed by atoms with Crippen molar-refractivity contribution in [3.63, 3.8) is 0 Å². The van der Waals surface area contributed by atoms with E-state index in [4.69, 9.17) is 4.74 Å². The molecule has 208 valence electrons. The molecule has 0 saturated carbocycles. The van der Waals surface area contributed by atoms with Crippen LogP contribution in [0.15, 0.2) is 59.5 Å². The van der Waals surface area contributed by atoms with Gasteiger partial charge in [-0.25, -0.2) is 8.42 Å². The molecule has 8 nitrogen and oxygen atoms in total. The Hall–Kier alpha value is -2.91. The number of carbonyl (C=O) groups excluding carboxylic acids is 2. The average molecular weight is 544 g/mol. The fraction of sp³-hybridized carbons (Fsp3) is 0.517. The van der Waals surface area contributed by atoms with Crippen molar-refractivity contribution in [1.29, 1.82) is 0 Å². The van der Waals surface area contributed by atoms with E-state index >= 15 is 0 Å². The smallest absolute Gasteiger partial charge is 0.243 e. The standard InChI is InChI=1S/C29H41N3O5S/c1-4-6-12-28(33)30-20-17-25(18-21-30)32(22-24-13-15-26(37-3)16-14-24)29(34)23-31(19-5-2)38(35,36)27-10-8-7-9-11-27/h7-11,13-16,25H,4-6,12,17-23H2,1-3H3. The van der Waals surface area contributed by atoms with E-state index in [0.717, 1.165) is 24.2 Å². The summed E-state index contributed by atoms with van der Waals surface area (Å²) in [4.78, 5) is 30.2. The Kier molecular flexibility index (Phi) is 11.2. The predicted octanol–water partition coefficient (Wildman–Crippen LogP) is 4.31. The number of carbonyl (C=O) groups is 2. The Labute approximate surface area is 227 Å². The highest BCUT2D eigenvalue weighted by Crippen LogP contribution is 2.23. The van der Waals surface area contributed by atoms with Crippen molar-refractivity contribution >= 4 is 21.8 Å². The van der Waals surface area contributed by atoms with E-state index in [1.54, 1.807) is 42.3 Å². The van der Waals surface area contributed by atoms with E-state index in [2.05, 4.69) is 6.92 Å². The Balaban J connectivity index is 1.80. The monoisotopic (exact) mass is 543 g/mol. The first-order valence-corrected chi connectivity index (χ1v) is 15.0. The summed E-state index contributed by atoms with van der Waals surface area (Å²) in [7, 11) is -2.21. The Morgan fingerprint density at radius 2 is 1.63 bits per heavy atom. The van der Waals surface area contributed by atoms with Gasteiger partial charge in [-0.1, -0.05) is 50.6 Å². The third kappa shape index (κ3) is 7.80. The van der Waals surface area contributed by atoms with Crippen molar-refractivity contribution in [3.05, 3.63) is 60.2 Å². The summed E-state index contributed by atoms with van der Waals surface area (Å²) < 4.78 is 33.3. The number of benzene rings is 2. The first-order valence-electron chi connectivity index (χ1n) is 13.6. The number of piperidine rings is 1. The molecule has 0 aliphatic carbocycles. The number of sulfonamides is 1. The van der Waals surface area contributed by atoms with E-state index < -0.39 is 10.0 Å². The lowest BCUT2D eigenvalue weighted by atomic mass is 10.0. The quantitative estimate of drug-likeness (QED) is 0.376. The molecule has 2 amide bonds. The number of methoxy groups -OCH3 is 1. The summed E-state index contributed by atoms with van der Waals surface area (Å²) in [5.41, 5.74) is 0.938. The molecule has 1 fully saturated rings. The van der Waals surface area contributed by atoms with Gasteiger partial charge in [0.05, 0.1) is 18.6 Å². The van der Waals surface area contributed by atoms with Gasteiger partial charge in [0.15, 0.2) is 0 Å². The second-order valence-electron chi connectivity index (χ2n) is 9.74. The molecule has 1 aliphatic heterocycles. The zero-order chi connectivity index (χ0) is 27.5. The van der Waals surface area contributed by atoms with Crippen molar-refractivity contribution in [2.75, 3.05) is 33.3 Å². The van der Waals surface area contributed by atoms with Gasteiger partial charge >= 0.3 is 0 Å². The molecule has 0 radical (unpaired) electrons. The van der Waals surface area contributed by atoms with E-state index in [1.165, 1.54) is 4.31 Å².